The second kappa shape index (κ2) is 10.7. The van der Waals surface area contributed by atoms with Crippen LogP contribution in [0.2, 0.25) is 0 Å². The Labute approximate surface area is 190 Å². The molecule has 1 heterocycles. The lowest BCUT2D eigenvalue weighted by Crippen LogP contribution is -2.61. The van der Waals surface area contributed by atoms with Crippen LogP contribution in [0.25, 0.3) is 0 Å². The highest BCUT2D eigenvalue weighted by Gasteiger charge is 2.43. The van der Waals surface area contributed by atoms with Crippen LogP contribution in [0.4, 0.5) is 0 Å². The third-order valence-corrected chi connectivity index (χ3v) is 7.85. The molecule has 2 aliphatic carbocycles. The zero-order valence-corrected chi connectivity index (χ0v) is 19.4. The van der Waals surface area contributed by atoms with Crippen molar-refractivity contribution in [2.75, 3.05) is 26.7 Å². The molecule has 7 heteroatoms. The average molecular weight is 448 g/mol. The number of nitrogens with zero attached hydrogens (tertiary/aromatic N) is 2. The highest BCUT2D eigenvalue weighted by Crippen LogP contribution is 2.36. The maximum absolute atomic E-state index is 12.9. The number of amides is 1. The molecule has 3 N–H and O–H groups in total. The third kappa shape index (κ3) is 5.82. The van der Waals surface area contributed by atoms with Crippen molar-refractivity contribution in [2.45, 2.75) is 69.1 Å². The summed E-state index contributed by atoms with van der Waals surface area (Å²) < 4.78 is 17.5. The van der Waals surface area contributed by atoms with E-state index in [0.717, 1.165) is 63.7 Å². The number of nitrogens with two attached hydrogens (primary N) is 1. The topological polar surface area (TPSA) is 79.0 Å². The highest BCUT2D eigenvalue weighted by molar-refractivity contribution is 7.91. The standard InChI is InChI=1S/C24H37N3O3S/c1-26(31-29)15-20-13-14-27(24(28)19-7-8-19)22(23(20)25)16-30-21-11-9-18(10-12-21)17-5-3-2-4-6-17/h2-6,18-23,29H,7-16,25H2,1H3/t18?,20?,21?,22-,23-/m0/s1. The molecule has 2 saturated carbocycles. The molecule has 1 aliphatic heterocycles. The molecular formula is C24H37N3O3S. The number of benzene rings is 1. The van der Waals surface area contributed by atoms with Crippen LogP contribution in [0.1, 0.15) is 56.4 Å². The molecule has 6 nitrogen and oxygen atoms in total. The SMILES string of the molecule is CN(CC1CCN(C(=O)C2CC2)[C@@H](COC2CCC(c3ccccc3)CC2)[C@H]1N)SO. The Morgan fingerprint density at radius 3 is 2.52 bits per heavy atom. The summed E-state index contributed by atoms with van der Waals surface area (Å²) in [7, 11) is 1.87. The predicted octanol–water partition coefficient (Wildman–Crippen LogP) is 3.74. The van der Waals surface area contributed by atoms with Gasteiger partial charge in [-0.05, 0) is 69.4 Å². The first kappa shape index (κ1) is 23.1. The predicted molar refractivity (Wildman–Crippen MR) is 125 cm³/mol. The average Bonchev–Trinajstić information content (AvgIpc) is 3.65. The molecule has 31 heavy (non-hydrogen) atoms. The van der Waals surface area contributed by atoms with Crippen LogP contribution in [0, 0.1) is 11.8 Å². The molecule has 0 spiro atoms. The first-order valence-electron chi connectivity index (χ1n) is 11.8. The fraction of sp³-hybridized carbons (Fsp3) is 0.708. The fourth-order valence-corrected chi connectivity index (χ4v) is 5.58. The van der Waals surface area contributed by atoms with Crippen LogP contribution in [0.5, 0.6) is 0 Å². The minimum atomic E-state index is -0.133. The van der Waals surface area contributed by atoms with E-state index in [1.54, 1.807) is 0 Å². The lowest BCUT2D eigenvalue weighted by Gasteiger charge is -2.45. The molecule has 1 aromatic rings. The van der Waals surface area contributed by atoms with E-state index in [9.17, 15) is 9.35 Å². The number of hydrogen-bond donors (Lipinski definition) is 2. The van der Waals surface area contributed by atoms with Crippen molar-refractivity contribution in [3.05, 3.63) is 35.9 Å². The smallest absolute Gasteiger partial charge is 0.226 e. The van der Waals surface area contributed by atoms with E-state index >= 15 is 0 Å². The van der Waals surface area contributed by atoms with E-state index < -0.39 is 0 Å². The maximum Gasteiger partial charge on any atom is 0.226 e. The minimum Gasteiger partial charge on any atom is -0.376 e. The fourth-order valence-electron chi connectivity index (χ4n) is 5.32. The molecule has 1 unspecified atom stereocenters. The largest absolute Gasteiger partial charge is 0.376 e. The summed E-state index contributed by atoms with van der Waals surface area (Å²) in [6.45, 7) is 1.98. The number of likely N-dealkylation sites (tertiary alicyclic amines) is 1. The molecular weight excluding hydrogens is 410 g/mol. The number of carbonyl (C=O) groups is 1. The Balaban J connectivity index is 1.33. The van der Waals surface area contributed by atoms with Crippen molar-refractivity contribution in [2.24, 2.45) is 17.6 Å². The first-order valence-corrected chi connectivity index (χ1v) is 12.5. The van der Waals surface area contributed by atoms with Crippen LogP contribution in [-0.2, 0) is 9.53 Å². The number of ether oxygens (including phenoxy) is 1. The van der Waals surface area contributed by atoms with Gasteiger partial charge < -0.3 is 19.9 Å². The van der Waals surface area contributed by atoms with Gasteiger partial charge >= 0.3 is 0 Å². The normalized spacial score (nSPS) is 31.7. The lowest BCUT2D eigenvalue weighted by molar-refractivity contribution is -0.141. The zero-order valence-electron chi connectivity index (χ0n) is 18.6. The summed E-state index contributed by atoms with van der Waals surface area (Å²) in [5.74, 6) is 1.33. The van der Waals surface area contributed by atoms with Crippen LogP contribution >= 0.6 is 12.2 Å². The van der Waals surface area contributed by atoms with Gasteiger partial charge in [0.15, 0.2) is 0 Å². The van der Waals surface area contributed by atoms with Crippen LogP contribution in [0.3, 0.4) is 0 Å². The Morgan fingerprint density at radius 2 is 1.87 bits per heavy atom. The van der Waals surface area contributed by atoms with Gasteiger partial charge in [0.2, 0.25) is 5.91 Å². The number of rotatable bonds is 8. The summed E-state index contributed by atoms with van der Waals surface area (Å²) in [5, 5.41) is 0. The van der Waals surface area contributed by atoms with E-state index in [2.05, 4.69) is 30.3 Å². The van der Waals surface area contributed by atoms with E-state index in [0.29, 0.717) is 19.1 Å². The van der Waals surface area contributed by atoms with E-state index in [1.165, 1.54) is 5.56 Å². The van der Waals surface area contributed by atoms with Crippen molar-refractivity contribution in [3.8, 4) is 0 Å². The van der Waals surface area contributed by atoms with Gasteiger partial charge in [0.05, 0.1) is 31.0 Å². The molecule has 1 saturated heterocycles. The highest BCUT2D eigenvalue weighted by atomic mass is 32.2. The van der Waals surface area contributed by atoms with Crippen LogP contribution < -0.4 is 5.73 Å². The molecule has 0 bridgehead atoms. The summed E-state index contributed by atoms with van der Waals surface area (Å²) in [4.78, 5) is 14.9. The molecule has 3 fully saturated rings. The quantitative estimate of drug-likeness (QED) is 0.467. The van der Waals surface area contributed by atoms with Crippen molar-refractivity contribution in [3.63, 3.8) is 0 Å². The Morgan fingerprint density at radius 1 is 1.16 bits per heavy atom. The molecule has 172 valence electrons. The van der Waals surface area contributed by atoms with Gasteiger partial charge in [-0.1, -0.05) is 30.3 Å². The molecule has 3 atom stereocenters. The van der Waals surface area contributed by atoms with Crippen LogP contribution in [0.15, 0.2) is 30.3 Å². The van der Waals surface area contributed by atoms with Crippen LogP contribution in [-0.4, -0.2) is 64.6 Å². The first-order chi connectivity index (χ1) is 15.1. The van der Waals surface area contributed by atoms with Gasteiger partial charge in [0.1, 0.15) is 0 Å². The molecule has 0 radical (unpaired) electrons. The van der Waals surface area contributed by atoms with Gasteiger partial charge in [-0.3, -0.25) is 4.79 Å². The van der Waals surface area contributed by atoms with Gasteiger partial charge in [0.25, 0.3) is 0 Å². The number of piperidine rings is 1. The van der Waals surface area contributed by atoms with Crippen molar-refractivity contribution in [1.29, 1.82) is 0 Å². The zero-order chi connectivity index (χ0) is 21.8. The van der Waals surface area contributed by atoms with Gasteiger partial charge in [-0.25, -0.2) is 4.31 Å². The molecule has 1 amide bonds. The lowest BCUT2D eigenvalue weighted by atomic mass is 9.82. The molecule has 1 aromatic carbocycles. The third-order valence-electron chi connectivity index (χ3n) is 7.42. The second-order valence-corrected chi connectivity index (χ2v) is 10.4. The molecule has 4 rings (SSSR count). The van der Waals surface area contributed by atoms with Gasteiger partial charge in [-0.15, -0.1) is 0 Å². The summed E-state index contributed by atoms with van der Waals surface area (Å²) in [5.41, 5.74) is 8.13. The monoisotopic (exact) mass is 447 g/mol. The van der Waals surface area contributed by atoms with Crippen molar-refractivity contribution < 1.29 is 14.1 Å². The second-order valence-electron chi connectivity index (χ2n) is 9.61. The summed E-state index contributed by atoms with van der Waals surface area (Å²) >= 11 is 0.744. The van der Waals surface area contributed by atoms with Gasteiger partial charge in [-0.2, -0.15) is 0 Å². The Hall–Kier alpha value is -1.12. The van der Waals surface area contributed by atoms with E-state index in [1.807, 2.05) is 16.3 Å². The number of hydrogen-bond acceptors (Lipinski definition) is 6. The summed E-state index contributed by atoms with van der Waals surface area (Å²) in [6, 6.07) is 10.6. The van der Waals surface area contributed by atoms with Crippen molar-refractivity contribution >= 4 is 18.1 Å². The van der Waals surface area contributed by atoms with Gasteiger partial charge in [0, 0.05) is 25.0 Å². The summed E-state index contributed by atoms with van der Waals surface area (Å²) in [6.07, 6.45) is 7.57. The Bertz CT molecular complexity index is 709. The molecule has 0 aromatic heterocycles. The Kier molecular flexibility index (Phi) is 7.93. The number of carbonyl (C=O) groups excluding carboxylic acids is 1. The van der Waals surface area contributed by atoms with E-state index in [-0.39, 0.29) is 35.9 Å². The molecule has 3 aliphatic rings. The minimum absolute atomic E-state index is 0.0733. The van der Waals surface area contributed by atoms with E-state index in [4.69, 9.17) is 10.5 Å². The van der Waals surface area contributed by atoms with Crippen molar-refractivity contribution in [1.82, 2.24) is 9.21 Å². The maximum atomic E-state index is 12.9.